The first-order valence-electron chi connectivity index (χ1n) is 7.65. The smallest absolute Gasteiger partial charge is 0.249 e. The molecule has 2 N–H and O–H groups in total. The molecule has 1 aromatic carbocycles. The van der Waals surface area contributed by atoms with Crippen molar-refractivity contribution >= 4 is 23.2 Å². The Morgan fingerprint density at radius 1 is 1.36 bits per heavy atom. The maximum absolute atomic E-state index is 12.1. The number of benzene rings is 1. The standard InChI is InChI=1S/C17H21N3O2/c1-10(2)18-14-6-4-5-12-11(3)20(9-13(12)14)15-7-8-16(21)19-17(15)22/h4-6,10,15,18H,3,7-9H2,1-2H3,(H,19,21,22). The fraction of sp³-hybridized carbons (Fsp3) is 0.412. The summed E-state index contributed by atoms with van der Waals surface area (Å²) in [7, 11) is 0. The molecule has 5 heteroatoms. The van der Waals surface area contributed by atoms with Gasteiger partial charge in [0.15, 0.2) is 0 Å². The summed E-state index contributed by atoms with van der Waals surface area (Å²) < 4.78 is 0. The summed E-state index contributed by atoms with van der Waals surface area (Å²) in [5, 5.41) is 5.87. The molecule has 0 aromatic heterocycles. The van der Waals surface area contributed by atoms with Crippen molar-refractivity contribution < 1.29 is 9.59 Å². The van der Waals surface area contributed by atoms with Crippen molar-refractivity contribution in [2.75, 3.05) is 5.32 Å². The molecule has 2 amide bonds. The summed E-state index contributed by atoms with van der Waals surface area (Å²) in [4.78, 5) is 25.5. The van der Waals surface area contributed by atoms with Crippen LogP contribution < -0.4 is 10.6 Å². The number of anilines is 1. The van der Waals surface area contributed by atoms with Gasteiger partial charge in [-0.25, -0.2) is 0 Å². The third-order valence-corrected chi connectivity index (χ3v) is 4.19. The molecule has 2 heterocycles. The van der Waals surface area contributed by atoms with E-state index in [2.05, 4.69) is 37.1 Å². The maximum atomic E-state index is 12.1. The molecular weight excluding hydrogens is 278 g/mol. The average Bonchev–Trinajstić information content (AvgIpc) is 2.77. The van der Waals surface area contributed by atoms with E-state index in [0.29, 0.717) is 25.4 Å². The van der Waals surface area contributed by atoms with Crippen LogP contribution in [0.4, 0.5) is 5.69 Å². The zero-order valence-electron chi connectivity index (χ0n) is 13.0. The molecule has 1 unspecified atom stereocenters. The second-order valence-electron chi connectivity index (χ2n) is 6.17. The van der Waals surface area contributed by atoms with Gasteiger partial charge in [0.05, 0.1) is 0 Å². The molecule has 0 radical (unpaired) electrons. The van der Waals surface area contributed by atoms with Crippen molar-refractivity contribution in [2.24, 2.45) is 0 Å². The lowest BCUT2D eigenvalue weighted by Crippen LogP contribution is -2.50. The second-order valence-corrected chi connectivity index (χ2v) is 6.17. The highest BCUT2D eigenvalue weighted by atomic mass is 16.2. The third-order valence-electron chi connectivity index (χ3n) is 4.19. The number of piperidine rings is 1. The van der Waals surface area contributed by atoms with Gasteiger partial charge in [-0.05, 0) is 26.3 Å². The number of carbonyl (C=O) groups excluding carboxylic acids is 2. The molecule has 2 aliphatic rings. The Bertz CT molecular complexity index is 651. The number of rotatable bonds is 3. The van der Waals surface area contributed by atoms with Crippen LogP contribution in [0.25, 0.3) is 5.70 Å². The Morgan fingerprint density at radius 3 is 2.82 bits per heavy atom. The van der Waals surface area contributed by atoms with E-state index < -0.39 is 0 Å². The summed E-state index contributed by atoms with van der Waals surface area (Å²) in [6.07, 6.45) is 0.929. The Hall–Kier alpha value is -2.30. The van der Waals surface area contributed by atoms with Gasteiger partial charge < -0.3 is 10.2 Å². The van der Waals surface area contributed by atoms with Crippen LogP contribution in [-0.4, -0.2) is 28.8 Å². The number of fused-ring (bicyclic) bond motifs is 1. The quantitative estimate of drug-likeness (QED) is 0.839. The minimum atomic E-state index is -0.315. The predicted molar refractivity (Wildman–Crippen MR) is 85.9 cm³/mol. The van der Waals surface area contributed by atoms with Gasteiger partial charge in [-0.1, -0.05) is 18.7 Å². The fourth-order valence-corrected chi connectivity index (χ4v) is 3.17. The van der Waals surface area contributed by atoms with E-state index in [1.54, 1.807) is 0 Å². The van der Waals surface area contributed by atoms with E-state index in [4.69, 9.17) is 0 Å². The molecule has 116 valence electrons. The molecular formula is C17H21N3O2. The maximum Gasteiger partial charge on any atom is 0.249 e. The van der Waals surface area contributed by atoms with Crippen LogP contribution >= 0.6 is 0 Å². The van der Waals surface area contributed by atoms with Gasteiger partial charge in [0.1, 0.15) is 6.04 Å². The molecule has 2 aliphatic heterocycles. The lowest BCUT2D eigenvalue weighted by atomic mass is 10.0. The molecule has 0 bridgehead atoms. The molecule has 1 fully saturated rings. The zero-order chi connectivity index (χ0) is 15.9. The van der Waals surface area contributed by atoms with Crippen molar-refractivity contribution in [3.63, 3.8) is 0 Å². The lowest BCUT2D eigenvalue weighted by molar-refractivity contribution is -0.136. The van der Waals surface area contributed by atoms with Gasteiger partial charge in [-0.3, -0.25) is 14.9 Å². The Morgan fingerprint density at radius 2 is 2.14 bits per heavy atom. The number of imide groups is 1. The number of amides is 2. The molecule has 22 heavy (non-hydrogen) atoms. The van der Waals surface area contributed by atoms with Gasteiger partial charge in [0.25, 0.3) is 0 Å². The second kappa shape index (κ2) is 5.48. The van der Waals surface area contributed by atoms with Crippen LogP contribution in [0.3, 0.4) is 0 Å². The zero-order valence-corrected chi connectivity index (χ0v) is 13.0. The normalized spacial score (nSPS) is 21.1. The van der Waals surface area contributed by atoms with Crippen LogP contribution in [0, 0.1) is 0 Å². The molecule has 1 saturated heterocycles. The molecule has 3 rings (SSSR count). The fourth-order valence-electron chi connectivity index (χ4n) is 3.17. The molecule has 5 nitrogen and oxygen atoms in total. The van der Waals surface area contributed by atoms with E-state index in [1.165, 1.54) is 5.56 Å². The number of nitrogens with one attached hydrogen (secondary N) is 2. The molecule has 1 aromatic rings. The SMILES string of the molecule is C=C1c2cccc(NC(C)C)c2CN1C1CCC(=O)NC1=O. The van der Waals surface area contributed by atoms with Gasteiger partial charge >= 0.3 is 0 Å². The first-order chi connectivity index (χ1) is 10.5. The minimum Gasteiger partial charge on any atom is -0.383 e. The minimum absolute atomic E-state index is 0.189. The van der Waals surface area contributed by atoms with Crippen molar-refractivity contribution in [1.29, 1.82) is 0 Å². The monoisotopic (exact) mass is 299 g/mol. The van der Waals surface area contributed by atoms with Gasteiger partial charge in [0.2, 0.25) is 11.8 Å². The molecule has 0 saturated carbocycles. The van der Waals surface area contributed by atoms with Crippen LogP contribution in [0.2, 0.25) is 0 Å². The summed E-state index contributed by atoms with van der Waals surface area (Å²) in [5.74, 6) is -0.408. The van der Waals surface area contributed by atoms with Crippen molar-refractivity contribution in [3.8, 4) is 0 Å². The number of carbonyl (C=O) groups is 2. The molecule has 0 aliphatic carbocycles. The highest BCUT2D eigenvalue weighted by Crippen LogP contribution is 2.38. The number of hydrogen-bond donors (Lipinski definition) is 2. The van der Waals surface area contributed by atoms with Gasteiger partial charge in [0, 0.05) is 41.5 Å². The first kappa shape index (κ1) is 14.6. The Balaban J connectivity index is 1.88. The van der Waals surface area contributed by atoms with Gasteiger partial charge in [-0.2, -0.15) is 0 Å². The highest BCUT2D eigenvalue weighted by Gasteiger charge is 2.36. The van der Waals surface area contributed by atoms with E-state index in [1.807, 2.05) is 17.0 Å². The number of nitrogens with zero attached hydrogens (tertiary/aromatic N) is 1. The first-order valence-corrected chi connectivity index (χ1v) is 7.65. The predicted octanol–water partition coefficient (Wildman–Crippen LogP) is 2.10. The molecule has 1 atom stereocenters. The third kappa shape index (κ3) is 2.47. The highest BCUT2D eigenvalue weighted by molar-refractivity contribution is 6.01. The number of hydrogen-bond acceptors (Lipinski definition) is 4. The van der Waals surface area contributed by atoms with Crippen LogP contribution in [0.15, 0.2) is 24.8 Å². The lowest BCUT2D eigenvalue weighted by Gasteiger charge is -2.31. The average molecular weight is 299 g/mol. The molecule has 0 spiro atoms. The largest absolute Gasteiger partial charge is 0.383 e. The summed E-state index contributed by atoms with van der Waals surface area (Å²) in [6.45, 7) is 9.00. The summed E-state index contributed by atoms with van der Waals surface area (Å²) in [5.41, 5.74) is 4.20. The van der Waals surface area contributed by atoms with Crippen molar-refractivity contribution in [1.82, 2.24) is 10.2 Å². The van der Waals surface area contributed by atoms with Crippen LogP contribution in [0.1, 0.15) is 37.8 Å². The van der Waals surface area contributed by atoms with Crippen LogP contribution in [0.5, 0.6) is 0 Å². The van der Waals surface area contributed by atoms with Crippen molar-refractivity contribution in [2.45, 2.75) is 45.3 Å². The Labute approximate surface area is 130 Å². The topological polar surface area (TPSA) is 61.4 Å². The summed E-state index contributed by atoms with van der Waals surface area (Å²) >= 11 is 0. The van der Waals surface area contributed by atoms with Crippen LogP contribution in [-0.2, 0) is 16.1 Å². The van der Waals surface area contributed by atoms with Gasteiger partial charge in [-0.15, -0.1) is 0 Å². The summed E-state index contributed by atoms with van der Waals surface area (Å²) in [6, 6.07) is 6.12. The Kier molecular flexibility index (Phi) is 3.64. The van der Waals surface area contributed by atoms with E-state index in [0.717, 1.165) is 16.9 Å². The van der Waals surface area contributed by atoms with E-state index >= 15 is 0 Å². The van der Waals surface area contributed by atoms with E-state index in [-0.39, 0.29) is 17.9 Å². The van der Waals surface area contributed by atoms with Crippen molar-refractivity contribution in [3.05, 3.63) is 35.9 Å². The van der Waals surface area contributed by atoms with E-state index in [9.17, 15) is 9.59 Å².